The van der Waals surface area contributed by atoms with Crippen molar-refractivity contribution in [3.05, 3.63) is 154 Å². The minimum absolute atomic E-state index is 0.176. The van der Waals surface area contributed by atoms with Crippen LogP contribution in [0.2, 0.25) is 0 Å². The molecule has 0 atom stereocenters. The number of likely N-dealkylation sites (tertiary alicyclic amines) is 1. The number of rotatable bonds is 14. The number of carbonyl (C=O) groups is 1. The maximum atomic E-state index is 14.5. The van der Waals surface area contributed by atoms with Crippen LogP contribution in [-0.2, 0) is 19.8 Å². The van der Waals surface area contributed by atoms with Crippen LogP contribution in [-0.4, -0.2) is 37.0 Å². The zero-order valence-corrected chi connectivity index (χ0v) is 28.0. The Morgan fingerprint density at radius 2 is 1.30 bits per heavy atom. The van der Waals surface area contributed by atoms with Gasteiger partial charge in [0.2, 0.25) is 0 Å². The van der Waals surface area contributed by atoms with Gasteiger partial charge in [0.15, 0.2) is 0 Å². The molecule has 0 N–H and O–H groups in total. The van der Waals surface area contributed by atoms with Crippen molar-refractivity contribution >= 4 is 27.5 Å². The molecular formula is C40H39BrN2O4. The van der Waals surface area contributed by atoms with Gasteiger partial charge in [0.05, 0.1) is 12.1 Å². The van der Waals surface area contributed by atoms with Crippen LogP contribution in [0, 0.1) is 0 Å². The molecule has 47 heavy (non-hydrogen) atoms. The lowest BCUT2D eigenvalue weighted by Crippen LogP contribution is -2.31. The molecule has 0 radical (unpaired) electrons. The van der Waals surface area contributed by atoms with Gasteiger partial charge in [-0.3, -0.25) is 9.69 Å². The smallest absolute Gasteiger partial charge is 0.262 e. The van der Waals surface area contributed by atoms with Crippen LogP contribution in [0.1, 0.15) is 39.9 Å². The van der Waals surface area contributed by atoms with E-state index in [1.165, 1.54) is 12.8 Å². The number of benzene rings is 5. The maximum absolute atomic E-state index is 14.5. The van der Waals surface area contributed by atoms with Crippen LogP contribution in [0.5, 0.6) is 17.2 Å². The summed E-state index contributed by atoms with van der Waals surface area (Å²) in [4.78, 5) is 18.7. The van der Waals surface area contributed by atoms with Crippen LogP contribution in [0.25, 0.3) is 0 Å². The number of carbonyl (C=O) groups excluding carboxylic acids is 1. The molecule has 1 fully saturated rings. The van der Waals surface area contributed by atoms with Crippen molar-refractivity contribution in [2.75, 3.05) is 31.1 Å². The summed E-state index contributed by atoms with van der Waals surface area (Å²) in [5.74, 6) is 1.72. The SMILES string of the molecule is O=C(c1ccc(OCc2ccccc2)cc1OCc1ccccc1)N(Cc1cccc(OCCN2CCCC2)c1)c1ccc(Br)cc1. The molecule has 1 aliphatic rings. The van der Waals surface area contributed by atoms with Crippen molar-refractivity contribution < 1.29 is 19.0 Å². The highest BCUT2D eigenvalue weighted by atomic mass is 79.9. The quantitative estimate of drug-likeness (QED) is 0.116. The van der Waals surface area contributed by atoms with Crippen LogP contribution in [0.15, 0.2) is 132 Å². The molecule has 0 bridgehead atoms. The molecule has 6 nitrogen and oxygen atoms in total. The number of hydrogen-bond acceptors (Lipinski definition) is 5. The van der Waals surface area contributed by atoms with Crippen molar-refractivity contribution in [1.82, 2.24) is 4.90 Å². The predicted octanol–water partition coefficient (Wildman–Crippen LogP) is 8.93. The fourth-order valence-corrected chi connectivity index (χ4v) is 5.89. The lowest BCUT2D eigenvalue weighted by molar-refractivity contribution is 0.0980. The molecule has 5 aromatic rings. The topological polar surface area (TPSA) is 51.2 Å². The molecule has 240 valence electrons. The number of anilines is 1. The summed E-state index contributed by atoms with van der Waals surface area (Å²) in [6, 6.07) is 41.2. The molecular weight excluding hydrogens is 652 g/mol. The summed E-state index contributed by atoms with van der Waals surface area (Å²) < 4.78 is 19.5. The average molecular weight is 692 g/mol. The Hall–Kier alpha value is -4.59. The van der Waals surface area contributed by atoms with Crippen molar-refractivity contribution in [2.45, 2.75) is 32.6 Å². The van der Waals surface area contributed by atoms with Gasteiger partial charge < -0.3 is 19.1 Å². The largest absolute Gasteiger partial charge is 0.492 e. The third-order valence-corrected chi connectivity index (χ3v) is 8.70. The van der Waals surface area contributed by atoms with E-state index in [-0.39, 0.29) is 5.91 Å². The maximum Gasteiger partial charge on any atom is 0.262 e. The number of amides is 1. The van der Waals surface area contributed by atoms with Gasteiger partial charge in [0.25, 0.3) is 5.91 Å². The molecule has 1 amide bonds. The Morgan fingerprint density at radius 3 is 2.00 bits per heavy atom. The Kier molecular flexibility index (Phi) is 11.2. The molecule has 0 unspecified atom stereocenters. The number of halogens is 1. The number of nitrogens with zero attached hydrogens (tertiary/aromatic N) is 2. The van der Waals surface area contributed by atoms with Gasteiger partial charge in [-0.25, -0.2) is 0 Å². The van der Waals surface area contributed by atoms with E-state index in [4.69, 9.17) is 14.2 Å². The van der Waals surface area contributed by atoms with Crippen molar-refractivity contribution in [3.63, 3.8) is 0 Å². The summed E-state index contributed by atoms with van der Waals surface area (Å²) in [5, 5.41) is 0. The molecule has 0 spiro atoms. The van der Waals surface area contributed by atoms with Crippen molar-refractivity contribution in [2.24, 2.45) is 0 Å². The van der Waals surface area contributed by atoms with Crippen molar-refractivity contribution in [1.29, 1.82) is 0 Å². The number of ether oxygens (including phenoxy) is 3. The second-order valence-electron chi connectivity index (χ2n) is 11.6. The van der Waals surface area contributed by atoms with Crippen LogP contribution >= 0.6 is 15.9 Å². The minimum atomic E-state index is -0.176. The fraction of sp³-hybridized carbons (Fsp3) is 0.225. The molecule has 1 saturated heterocycles. The van der Waals surface area contributed by atoms with E-state index in [0.717, 1.165) is 52.2 Å². The van der Waals surface area contributed by atoms with E-state index in [9.17, 15) is 4.79 Å². The zero-order chi connectivity index (χ0) is 32.3. The zero-order valence-electron chi connectivity index (χ0n) is 26.4. The van der Waals surface area contributed by atoms with Gasteiger partial charge in [0.1, 0.15) is 37.1 Å². The molecule has 0 saturated carbocycles. The Bertz CT molecular complexity index is 1730. The fourth-order valence-electron chi connectivity index (χ4n) is 5.63. The normalized spacial score (nSPS) is 12.9. The third kappa shape index (κ3) is 9.24. The van der Waals surface area contributed by atoms with Crippen LogP contribution in [0.4, 0.5) is 5.69 Å². The van der Waals surface area contributed by atoms with Crippen LogP contribution < -0.4 is 19.1 Å². The second kappa shape index (κ2) is 16.3. The van der Waals surface area contributed by atoms with Gasteiger partial charge in [-0.2, -0.15) is 0 Å². The Morgan fingerprint density at radius 1 is 0.660 bits per heavy atom. The molecule has 0 aromatic heterocycles. The first kappa shape index (κ1) is 32.4. The lowest BCUT2D eigenvalue weighted by atomic mass is 10.1. The monoisotopic (exact) mass is 690 g/mol. The summed E-state index contributed by atoms with van der Waals surface area (Å²) in [7, 11) is 0. The molecule has 1 aliphatic heterocycles. The van der Waals surface area contributed by atoms with E-state index in [0.29, 0.717) is 43.4 Å². The van der Waals surface area contributed by atoms with Gasteiger partial charge in [-0.1, -0.05) is 88.7 Å². The molecule has 6 rings (SSSR count). The standard InChI is InChI=1S/C40H39BrN2O4/c41-34-16-18-35(19-17-34)43(28-33-14-9-15-36(26-33)45-25-24-42-22-7-8-23-42)40(44)38-21-20-37(46-29-31-10-3-1-4-11-31)27-39(38)47-30-32-12-5-2-6-13-32/h1-6,9-21,26-27H,7-8,22-25,28-30H2. The van der Waals surface area contributed by atoms with E-state index in [2.05, 4.69) is 20.8 Å². The van der Waals surface area contributed by atoms with E-state index in [1.54, 1.807) is 11.0 Å². The molecule has 5 aromatic carbocycles. The van der Waals surface area contributed by atoms with E-state index < -0.39 is 0 Å². The summed E-state index contributed by atoms with van der Waals surface area (Å²) in [6.07, 6.45) is 2.52. The molecule has 1 heterocycles. The Labute approximate surface area is 285 Å². The number of hydrogen-bond donors (Lipinski definition) is 0. The summed E-state index contributed by atoms with van der Waals surface area (Å²) in [6.45, 7) is 4.93. The van der Waals surface area contributed by atoms with Gasteiger partial charge in [0, 0.05) is 22.8 Å². The first-order valence-electron chi connectivity index (χ1n) is 16.1. The first-order chi connectivity index (χ1) is 23.1. The highest BCUT2D eigenvalue weighted by Gasteiger charge is 2.23. The third-order valence-electron chi connectivity index (χ3n) is 8.17. The Balaban J connectivity index is 1.25. The molecule has 0 aliphatic carbocycles. The summed E-state index contributed by atoms with van der Waals surface area (Å²) >= 11 is 3.54. The predicted molar refractivity (Wildman–Crippen MR) is 190 cm³/mol. The summed E-state index contributed by atoms with van der Waals surface area (Å²) in [5.41, 5.74) is 4.26. The average Bonchev–Trinajstić information content (AvgIpc) is 3.64. The van der Waals surface area contributed by atoms with Gasteiger partial charge in [-0.15, -0.1) is 0 Å². The van der Waals surface area contributed by atoms with Gasteiger partial charge >= 0.3 is 0 Å². The minimum Gasteiger partial charge on any atom is -0.492 e. The van der Waals surface area contributed by atoms with E-state index >= 15 is 0 Å². The highest BCUT2D eigenvalue weighted by molar-refractivity contribution is 9.10. The van der Waals surface area contributed by atoms with Gasteiger partial charge in [-0.05, 0) is 91.2 Å². The lowest BCUT2D eigenvalue weighted by Gasteiger charge is -2.25. The molecule has 7 heteroatoms. The highest BCUT2D eigenvalue weighted by Crippen LogP contribution is 2.31. The van der Waals surface area contributed by atoms with E-state index in [1.807, 2.05) is 121 Å². The second-order valence-corrected chi connectivity index (χ2v) is 12.5. The van der Waals surface area contributed by atoms with Crippen LogP contribution in [0.3, 0.4) is 0 Å². The van der Waals surface area contributed by atoms with Crippen molar-refractivity contribution in [3.8, 4) is 17.2 Å². The first-order valence-corrected chi connectivity index (χ1v) is 16.9.